The van der Waals surface area contributed by atoms with Crippen molar-refractivity contribution in [2.24, 2.45) is 0 Å². The Labute approximate surface area is 170 Å². The molecule has 2 N–H and O–H groups in total. The molecule has 0 saturated carbocycles. The molecule has 1 aromatic carbocycles. The molecule has 148 valence electrons. The van der Waals surface area contributed by atoms with Crippen LogP contribution in [-0.2, 0) is 17.6 Å². The van der Waals surface area contributed by atoms with Crippen molar-refractivity contribution < 1.29 is 9.59 Å². The molecule has 6 heteroatoms. The van der Waals surface area contributed by atoms with Crippen LogP contribution in [0.5, 0.6) is 0 Å². The normalized spacial score (nSPS) is 17.0. The quantitative estimate of drug-likeness (QED) is 0.791. The lowest BCUT2D eigenvalue weighted by atomic mass is 10.1. The maximum atomic E-state index is 13.0. The molecule has 1 aliphatic heterocycles. The Kier molecular flexibility index (Phi) is 6.07. The number of aryl methyl sites for hydroxylation is 1. The van der Waals surface area contributed by atoms with E-state index in [1.807, 2.05) is 30.3 Å². The second kappa shape index (κ2) is 8.88. The Morgan fingerprint density at radius 3 is 2.43 bits per heavy atom. The maximum absolute atomic E-state index is 13.0. The first-order valence-corrected chi connectivity index (χ1v) is 11.1. The van der Waals surface area contributed by atoms with Crippen LogP contribution >= 0.6 is 11.3 Å². The molecule has 1 aromatic heterocycles. The van der Waals surface area contributed by atoms with Crippen LogP contribution in [0.25, 0.3) is 0 Å². The summed E-state index contributed by atoms with van der Waals surface area (Å²) in [6.07, 6.45) is 7.80. The van der Waals surface area contributed by atoms with Crippen molar-refractivity contribution in [2.75, 3.05) is 30.3 Å². The zero-order valence-electron chi connectivity index (χ0n) is 16.1. The third-order valence-corrected chi connectivity index (χ3v) is 6.71. The van der Waals surface area contributed by atoms with Gasteiger partial charge >= 0.3 is 0 Å². The summed E-state index contributed by atoms with van der Waals surface area (Å²) in [6, 6.07) is 9.48. The summed E-state index contributed by atoms with van der Waals surface area (Å²) in [7, 11) is 0. The van der Waals surface area contributed by atoms with E-state index in [9.17, 15) is 9.59 Å². The van der Waals surface area contributed by atoms with Crippen LogP contribution in [0, 0.1) is 0 Å². The van der Waals surface area contributed by atoms with E-state index < -0.39 is 0 Å². The second-order valence-corrected chi connectivity index (χ2v) is 8.73. The monoisotopic (exact) mass is 397 g/mol. The number of carbonyl (C=O) groups excluding carboxylic acids is 2. The largest absolute Gasteiger partial charge is 0.322 e. The minimum atomic E-state index is -0.129. The van der Waals surface area contributed by atoms with Gasteiger partial charge < -0.3 is 10.6 Å². The van der Waals surface area contributed by atoms with Crippen LogP contribution in [0.2, 0.25) is 0 Å². The number of rotatable bonds is 5. The van der Waals surface area contributed by atoms with Gasteiger partial charge in [-0.25, -0.2) is 0 Å². The van der Waals surface area contributed by atoms with E-state index in [1.165, 1.54) is 17.7 Å². The predicted octanol–water partition coefficient (Wildman–Crippen LogP) is 4.30. The molecule has 0 radical (unpaired) electrons. The lowest BCUT2D eigenvalue weighted by molar-refractivity contribution is -0.117. The number of carbonyl (C=O) groups is 2. The summed E-state index contributed by atoms with van der Waals surface area (Å²) >= 11 is 1.57. The van der Waals surface area contributed by atoms with Gasteiger partial charge in [-0.2, -0.15) is 0 Å². The number of anilines is 2. The Hall–Kier alpha value is -2.18. The van der Waals surface area contributed by atoms with E-state index >= 15 is 0 Å². The van der Waals surface area contributed by atoms with Crippen LogP contribution in [-0.4, -0.2) is 36.3 Å². The average Bonchev–Trinajstić information content (AvgIpc) is 3.15. The van der Waals surface area contributed by atoms with Crippen LogP contribution in [0.3, 0.4) is 0 Å². The minimum Gasteiger partial charge on any atom is -0.322 e. The number of para-hydroxylation sites is 1. The molecular weight excluding hydrogens is 370 g/mol. The third kappa shape index (κ3) is 4.45. The summed E-state index contributed by atoms with van der Waals surface area (Å²) in [4.78, 5) is 29.2. The summed E-state index contributed by atoms with van der Waals surface area (Å²) in [5, 5.41) is 6.74. The molecule has 5 nitrogen and oxygen atoms in total. The van der Waals surface area contributed by atoms with Crippen molar-refractivity contribution in [3.63, 3.8) is 0 Å². The van der Waals surface area contributed by atoms with Crippen molar-refractivity contribution in [2.45, 2.75) is 44.9 Å². The summed E-state index contributed by atoms with van der Waals surface area (Å²) in [6.45, 7) is 2.37. The third-order valence-electron chi connectivity index (χ3n) is 5.50. The Morgan fingerprint density at radius 2 is 1.68 bits per heavy atom. The molecule has 0 atom stereocenters. The molecule has 1 aliphatic carbocycles. The van der Waals surface area contributed by atoms with E-state index in [1.54, 1.807) is 11.3 Å². The van der Waals surface area contributed by atoms with Gasteiger partial charge in [-0.05, 0) is 62.9 Å². The van der Waals surface area contributed by atoms with Crippen LogP contribution < -0.4 is 10.6 Å². The van der Waals surface area contributed by atoms with Crippen molar-refractivity contribution in [1.29, 1.82) is 0 Å². The standard InChI is InChI=1S/C22H27N3O2S/c26-19(15-25-13-6-1-2-7-14-25)24-22-20(17-11-8-12-18(17)28-22)21(27)23-16-9-4-3-5-10-16/h3-5,9-10H,1-2,6-8,11-15H2,(H,23,27)(H,24,26). The topological polar surface area (TPSA) is 61.4 Å². The van der Waals surface area contributed by atoms with E-state index in [4.69, 9.17) is 0 Å². The zero-order chi connectivity index (χ0) is 19.3. The summed E-state index contributed by atoms with van der Waals surface area (Å²) < 4.78 is 0. The molecule has 0 spiro atoms. The van der Waals surface area contributed by atoms with Gasteiger partial charge in [0.1, 0.15) is 5.00 Å². The Morgan fingerprint density at radius 1 is 0.929 bits per heavy atom. The number of amides is 2. The first-order chi connectivity index (χ1) is 13.7. The molecule has 1 fully saturated rings. The van der Waals surface area contributed by atoms with Crippen molar-refractivity contribution in [3.8, 4) is 0 Å². The molecule has 2 amide bonds. The lowest BCUT2D eigenvalue weighted by Gasteiger charge is -2.19. The van der Waals surface area contributed by atoms with Gasteiger partial charge in [0.05, 0.1) is 12.1 Å². The molecule has 2 aliphatic rings. The fourth-order valence-electron chi connectivity index (χ4n) is 4.11. The van der Waals surface area contributed by atoms with Gasteiger partial charge in [0.25, 0.3) is 5.91 Å². The van der Waals surface area contributed by atoms with Gasteiger partial charge in [-0.1, -0.05) is 31.0 Å². The second-order valence-electron chi connectivity index (χ2n) is 7.62. The predicted molar refractivity (Wildman–Crippen MR) is 114 cm³/mol. The number of hydrogen-bond donors (Lipinski definition) is 2. The number of nitrogens with zero attached hydrogens (tertiary/aromatic N) is 1. The highest BCUT2D eigenvalue weighted by Crippen LogP contribution is 2.39. The fourth-order valence-corrected chi connectivity index (χ4v) is 5.41. The first kappa shape index (κ1) is 19.2. The van der Waals surface area contributed by atoms with Gasteiger partial charge in [-0.15, -0.1) is 11.3 Å². The van der Waals surface area contributed by atoms with Crippen molar-refractivity contribution >= 4 is 33.8 Å². The van der Waals surface area contributed by atoms with Crippen LogP contribution in [0.15, 0.2) is 30.3 Å². The van der Waals surface area contributed by atoms with E-state index in [-0.39, 0.29) is 11.8 Å². The van der Waals surface area contributed by atoms with Gasteiger partial charge in [-0.3, -0.25) is 14.5 Å². The number of fused-ring (bicyclic) bond motifs is 1. The number of nitrogens with one attached hydrogen (secondary N) is 2. The summed E-state index contributed by atoms with van der Waals surface area (Å²) in [5.74, 6) is -0.147. The van der Waals surface area contributed by atoms with Crippen LogP contribution in [0.4, 0.5) is 10.7 Å². The van der Waals surface area contributed by atoms with E-state index in [0.29, 0.717) is 17.1 Å². The number of benzene rings is 1. The molecule has 4 rings (SSSR count). The molecule has 1 saturated heterocycles. The maximum Gasteiger partial charge on any atom is 0.258 e. The van der Waals surface area contributed by atoms with E-state index in [2.05, 4.69) is 15.5 Å². The number of hydrogen-bond acceptors (Lipinski definition) is 4. The van der Waals surface area contributed by atoms with Gasteiger partial charge in [0, 0.05) is 10.6 Å². The smallest absolute Gasteiger partial charge is 0.258 e. The summed E-state index contributed by atoms with van der Waals surface area (Å²) in [5.41, 5.74) is 2.54. The average molecular weight is 398 g/mol. The van der Waals surface area contributed by atoms with E-state index in [0.717, 1.165) is 56.4 Å². The Bertz CT molecular complexity index is 839. The van der Waals surface area contributed by atoms with Crippen LogP contribution in [0.1, 0.15) is 52.9 Å². The fraction of sp³-hybridized carbons (Fsp3) is 0.455. The molecule has 0 bridgehead atoms. The molecule has 28 heavy (non-hydrogen) atoms. The molecule has 2 heterocycles. The highest BCUT2D eigenvalue weighted by molar-refractivity contribution is 7.17. The van der Waals surface area contributed by atoms with Gasteiger partial charge in [0.15, 0.2) is 0 Å². The van der Waals surface area contributed by atoms with Crippen molar-refractivity contribution in [3.05, 3.63) is 46.3 Å². The number of likely N-dealkylation sites (tertiary alicyclic amines) is 1. The van der Waals surface area contributed by atoms with Gasteiger partial charge in [0.2, 0.25) is 5.91 Å². The SMILES string of the molecule is O=C(CN1CCCCCC1)Nc1sc2c(c1C(=O)Nc1ccccc1)CCC2. The molecular formula is C22H27N3O2S. The Balaban J connectivity index is 1.49. The molecule has 2 aromatic rings. The first-order valence-electron chi connectivity index (χ1n) is 10.2. The highest BCUT2D eigenvalue weighted by atomic mass is 32.1. The number of thiophene rings is 1. The zero-order valence-corrected chi connectivity index (χ0v) is 16.9. The minimum absolute atomic E-state index is 0.0180. The highest BCUT2D eigenvalue weighted by Gasteiger charge is 2.28. The van der Waals surface area contributed by atoms with Crippen molar-refractivity contribution in [1.82, 2.24) is 4.90 Å². The lowest BCUT2D eigenvalue weighted by Crippen LogP contribution is -2.34. The molecule has 0 unspecified atom stereocenters.